The average Bonchev–Trinajstić information content (AvgIpc) is 3.28. The third-order valence-corrected chi connectivity index (χ3v) is 7.48. The Labute approximate surface area is 172 Å². The molecule has 3 heterocycles. The Hall–Kier alpha value is -1.83. The molecule has 2 aliphatic heterocycles. The van der Waals surface area contributed by atoms with Gasteiger partial charge < -0.3 is 10.2 Å². The minimum absolute atomic E-state index is 0. The monoisotopic (exact) mass is 423 g/mol. The van der Waals surface area contributed by atoms with Gasteiger partial charge in [0.25, 0.3) is 15.9 Å². The Morgan fingerprint density at radius 3 is 2.32 bits per heavy atom. The van der Waals surface area contributed by atoms with E-state index in [1.165, 1.54) is 25.2 Å². The number of amides is 1. The summed E-state index contributed by atoms with van der Waals surface area (Å²) in [6.45, 7) is 1.91. The predicted octanol–water partition coefficient (Wildman–Crippen LogP) is 2.81. The predicted molar refractivity (Wildman–Crippen MR) is 111 cm³/mol. The molecule has 1 aromatic heterocycles. The van der Waals surface area contributed by atoms with E-state index in [4.69, 9.17) is 0 Å². The molecule has 0 spiro atoms. The first-order valence-corrected chi connectivity index (χ1v) is 10.8. The van der Waals surface area contributed by atoms with E-state index < -0.39 is 10.0 Å². The van der Waals surface area contributed by atoms with Gasteiger partial charge in [-0.15, -0.1) is 12.4 Å². The van der Waals surface area contributed by atoms with Gasteiger partial charge in [0.2, 0.25) is 0 Å². The maximum Gasteiger partial charge on any atom is 0.267 e. The summed E-state index contributed by atoms with van der Waals surface area (Å²) in [5, 5.41) is 3.58. The molecule has 6 nitrogen and oxygen atoms in total. The van der Waals surface area contributed by atoms with Gasteiger partial charge in [0, 0.05) is 37.6 Å². The van der Waals surface area contributed by atoms with E-state index in [1.807, 2.05) is 14.0 Å². The summed E-state index contributed by atoms with van der Waals surface area (Å²) in [5.41, 5.74) is 1.40. The SMILES string of the molecule is Cc1ccc(S(=O)(=O)n2ccc(C(=O)N(C)C3CC4CCC(C3)N4)c2)cc1.Cl. The minimum Gasteiger partial charge on any atom is -0.339 e. The fraction of sp³-hybridized carbons (Fsp3) is 0.450. The number of aryl methyl sites for hydroxylation is 1. The van der Waals surface area contributed by atoms with Gasteiger partial charge in [-0.25, -0.2) is 12.4 Å². The zero-order chi connectivity index (χ0) is 19.2. The smallest absolute Gasteiger partial charge is 0.267 e. The maximum absolute atomic E-state index is 12.9. The number of halogens is 1. The van der Waals surface area contributed by atoms with Crippen LogP contribution < -0.4 is 5.32 Å². The van der Waals surface area contributed by atoms with Crippen LogP contribution in [-0.2, 0) is 10.0 Å². The van der Waals surface area contributed by atoms with Crippen LogP contribution in [0, 0.1) is 6.92 Å². The molecule has 2 fully saturated rings. The molecule has 2 aromatic rings. The standard InChI is InChI=1S/C20H25N3O3S.ClH/c1-14-3-7-19(8-4-14)27(25,26)23-10-9-15(13-23)20(24)22(2)18-11-16-5-6-17(12-18)21-16;/h3-4,7-10,13,16-18,21H,5-6,11-12H2,1-2H3;1H. The Kier molecular flexibility index (Phi) is 5.89. The zero-order valence-electron chi connectivity index (χ0n) is 16.0. The number of carbonyl (C=O) groups is 1. The van der Waals surface area contributed by atoms with Crippen molar-refractivity contribution in [3.8, 4) is 0 Å². The number of nitrogens with one attached hydrogen (secondary N) is 1. The second kappa shape index (κ2) is 7.89. The highest BCUT2D eigenvalue weighted by Gasteiger charge is 2.36. The number of hydrogen-bond acceptors (Lipinski definition) is 4. The van der Waals surface area contributed by atoms with Crippen molar-refractivity contribution in [1.29, 1.82) is 0 Å². The summed E-state index contributed by atoms with van der Waals surface area (Å²) >= 11 is 0. The van der Waals surface area contributed by atoms with E-state index in [-0.39, 0.29) is 29.3 Å². The third kappa shape index (κ3) is 3.83. The van der Waals surface area contributed by atoms with Crippen molar-refractivity contribution in [3.05, 3.63) is 53.9 Å². The first-order valence-electron chi connectivity index (χ1n) is 9.38. The fourth-order valence-electron chi connectivity index (χ4n) is 4.20. The van der Waals surface area contributed by atoms with E-state index >= 15 is 0 Å². The van der Waals surface area contributed by atoms with E-state index in [0.717, 1.165) is 22.4 Å². The summed E-state index contributed by atoms with van der Waals surface area (Å²) in [6.07, 6.45) is 7.14. The molecule has 152 valence electrons. The van der Waals surface area contributed by atoms with Gasteiger partial charge in [0.1, 0.15) is 0 Å². The molecule has 1 N–H and O–H groups in total. The van der Waals surface area contributed by atoms with E-state index in [1.54, 1.807) is 35.2 Å². The van der Waals surface area contributed by atoms with Crippen LogP contribution in [0.15, 0.2) is 47.6 Å². The molecule has 0 aliphatic carbocycles. The molecule has 0 saturated carbocycles. The first-order chi connectivity index (χ1) is 12.8. The Morgan fingerprint density at radius 2 is 1.71 bits per heavy atom. The number of rotatable bonds is 4. The molecule has 2 atom stereocenters. The Balaban J connectivity index is 0.00000225. The van der Waals surface area contributed by atoms with Crippen molar-refractivity contribution in [2.24, 2.45) is 0 Å². The molecule has 0 radical (unpaired) electrons. The largest absolute Gasteiger partial charge is 0.339 e. The van der Waals surface area contributed by atoms with Crippen LogP contribution in [0.25, 0.3) is 0 Å². The number of hydrogen-bond donors (Lipinski definition) is 1. The van der Waals surface area contributed by atoms with Crippen LogP contribution in [0.2, 0.25) is 0 Å². The molecule has 1 aromatic carbocycles. The molecule has 4 rings (SSSR count). The van der Waals surface area contributed by atoms with Gasteiger partial charge in [-0.05, 0) is 50.8 Å². The number of piperidine rings is 1. The van der Waals surface area contributed by atoms with Gasteiger partial charge in [-0.3, -0.25) is 4.79 Å². The van der Waals surface area contributed by atoms with Crippen LogP contribution in [0.4, 0.5) is 0 Å². The molecular weight excluding hydrogens is 398 g/mol. The van der Waals surface area contributed by atoms with Crippen molar-refractivity contribution >= 4 is 28.3 Å². The molecule has 8 heteroatoms. The first kappa shape index (κ1) is 20.9. The van der Waals surface area contributed by atoms with E-state index in [9.17, 15) is 13.2 Å². The second-order valence-electron chi connectivity index (χ2n) is 7.73. The van der Waals surface area contributed by atoms with Gasteiger partial charge >= 0.3 is 0 Å². The normalized spacial score (nSPS) is 23.9. The van der Waals surface area contributed by atoms with Crippen molar-refractivity contribution in [2.45, 2.75) is 55.6 Å². The summed E-state index contributed by atoms with van der Waals surface area (Å²) in [4.78, 5) is 14.9. The quantitative estimate of drug-likeness (QED) is 0.820. The zero-order valence-corrected chi connectivity index (χ0v) is 17.7. The Bertz CT molecular complexity index is 943. The fourth-order valence-corrected chi connectivity index (χ4v) is 5.39. The van der Waals surface area contributed by atoms with Gasteiger partial charge in [0.05, 0.1) is 10.5 Å². The Morgan fingerprint density at radius 1 is 1.11 bits per heavy atom. The number of benzene rings is 1. The summed E-state index contributed by atoms with van der Waals surface area (Å²) in [7, 11) is -1.87. The molecule has 28 heavy (non-hydrogen) atoms. The molecule has 2 bridgehead atoms. The average molecular weight is 424 g/mol. The maximum atomic E-state index is 12.9. The van der Waals surface area contributed by atoms with Crippen molar-refractivity contribution in [1.82, 2.24) is 14.2 Å². The molecule has 2 saturated heterocycles. The van der Waals surface area contributed by atoms with Crippen LogP contribution in [0.5, 0.6) is 0 Å². The molecular formula is C20H26ClN3O3S. The summed E-state index contributed by atoms with van der Waals surface area (Å²) < 4.78 is 26.7. The highest BCUT2D eigenvalue weighted by atomic mass is 35.5. The van der Waals surface area contributed by atoms with E-state index in [2.05, 4.69) is 5.32 Å². The van der Waals surface area contributed by atoms with Gasteiger partial charge in [-0.2, -0.15) is 0 Å². The van der Waals surface area contributed by atoms with Crippen molar-refractivity contribution in [2.75, 3.05) is 7.05 Å². The number of fused-ring (bicyclic) bond motifs is 2. The number of aromatic nitrogens is 1. The topological polar surface area (TPSA) is 71.4 Å². The lowest BCUT2D eigenvalue weighted by atomic mass is 9.98. The van der Waals surface area contributed by atoms with Crippen molar-refractivity contribution < 1.29 is 13.2 Å². The lowest BCUT2D eigenvalue weighted by molar-refractivity contribution is 0.0682. The lowest BCUT2D eigenvalue weighted by Gasteiger charge is -2.35. The van der Waals surface area contributed by atoms with Crippen LogP contribution in [-0.4, -0.2) is 48.4 Å². The van der Waals surface area contributed by atoms with Crippen molar-refractivity contribution in [3.63, 3.8) is 0 Å². The molecule has 2 unspecified atom stereocenters. The number of carbonyl (C=O) groups excluding carboxylic acids is 1. The summed E-state index contributed by atoms with van der Waals surface area (Å²) in [5.74, 6) is -0.126. The van der Waals surface area contributed by atoms with E-state index in [0.29, 0.717) is 17.6 Å². The van der Waals surface area contributed by atoms with Crippen LogP contribution in [0.3, 0.4) is 0 Å². The molecule has 1 amide bonds. The minimum atomic E-state index is -3.69. The van der Waals surface area contributed by atoms with Gasteiger partial charge in [-0.1, -0.05) is 17.7 Å². The van der Waals surface area contributed by atoms with Gasteiger partial charge in [0.15, 0.2) is 0 Å². The highest BCUT2D eigenvalue weighted by molar-refractivity contribution is 7.90. The highest BCUT2D eigenvalue weighted by Crippen LogP contribution is 2.30. The lowest BCUT2D eigenvalue weighted by Crippen LogP contribution is -2.48. The van der Waals surface area contributed by atoms with Crippen LogP contribution in [0.1, 0.15) is 41.6 Å². The van der Waals surface area contributed by atoms with Crippen LogP contribution >= 0.6 is 12.4 Å². The summed E-state index contributed by atoms with van der Waals surface area (Å²) in [6, 6.07) is 9.48. The second-order valence-corrected chi connectivity index (χ2v) is 9.57. The number of nitrogens with zero attached hydrogens (tertiary/aromatic N) is 2. The third-order valence-electron chi connectivity index (χ3n) is 5.83. The molecule has 2 aliphatic rings.